The highest BCUT2D eigenvalue weighted by Crippen LogP contribution is 2.32. The van der Waals surface area contributed by atoms with Gasteiger partial charge in [-0.1, -0.05) is 12.1 Å². The molecule has 0 N–H and O–H groups in total. The van der Waals surface area contributed by atoms with Crippen molar-refractivity contribution in [3.63, 3.8) is 0 Å². The highest BCUT2D eigenvalue weighted by atomic mass is 19.2. The Morgan fingerprint density at radius 3 is 2.83 bits per heavy atom. The van der Waals surface area contributed by atoms with Crippen molar-refractivity contribution in [2.45, 2.75) is 13.0 Å². The molecule has 0 spiro atoms. The van der Waals surface area contributed by atoms with Gasteiger partial charge in [-0.05, 0) is 42.8 Å². The molecule has 5 nitrogen and oxygen atoms in total. The van der Waals surface area contributed by atoms with Crippen molar-refractivity contribution >= 4 is 16.8 Å². The first-order chi connectivity index (χ1) is 14.5. The van der Waals surface area contributed by atoms with Gasteiger partial charge in [0.1, 0.15) is 0 Å². The molecule has 0 atom stereocenters. The number of carbonyl (C=O) groups excluding carboxylic acids is 1. The molecule has 0 saturated heterocycles. The molecule has 2 aromatic carbocycles. The number of amides is 1. The lowest BCUT2D eigenvalue weighted by Crippen LogP contribution is -2.36. The Balaban J connectivity index is 1.47. The third-order valence-corrected chi connectivity index (χ3v) is 5.54. The number of aryl methyl sites for hydroxylation is 1. The van der Waals surface area contributed by atoms with E-state index >= 15 is 0 Å². The third kappa shape index (κ3) is 2.94. The molecule has 0 fully saturated rings. The van der Waals surface area contributed by atoms with Crippen LogP contribution in [-0.4, -0.2) is 32.1 Å². The third-order valence-electron chi connectivity index (χ3n) is 5.54. The van der Waals surface area contributed by atoms with Gasteiger partial charge < -0.3 is 4.90 Å². The summed E-state index contributed by atoms with van der Waals surface area (Å²) in [5, 5.41) is 5.40. The van der Waals surface area contributed by atoms with Crippen molar-refractivity contribution in [1.82, 2.24) is 19.7 Å². The monoisotopic (exact) mass is 404 g/mol. The Hall–Kier alpha value is -3.61. The molecule has 5 rings (SSSR count). The molecule has 3 heterocycles. The molecule has 0 unspecified atom stereocenters. The minimum Gasteiger partial charge on any atom is -0.332 e. The fourth-order valence-corrected chi connectivity index (χ4v) is 4.11. The number of carbonyl (C=O) groups is 1. The zero-order valence-electron chi connectivity index (χ0n) is 16.3. The first-order valence-corrected chi connectivity index (χ1v) is 9.66. The second kappa shape index (κ2) is 7.02. The van der Waals surface area contributed by atoms with Gasteiger partial charge in [-0.15, -0.1) is 0 Å². The summed E-state index contributed by atoms with van der Waals surface area (Å²) < 4.78 is 29.7. The summed E-state index contributed by atoms with van der Waals surface area (Å²) in [5.74, 6) is -1.86. The van der Waals surface area contributed by atoms with Crippen molar-refractivity contribution in [3.05, 3.63) is 83.2 Å². The van der Waals surface area contributed by atoms with Gasteiger partial charge in [0.15, 0.2) is 11.6 Å². The molecular formula is C23H18F2N4O. The molecule has 0 aliphatic carbocycles. The van der Waals surface area contributed by atoms with Crippen LogP contribution >= 0.6 is 0 Å². The number of fused-ring (bicyclic) bond motifs is 2. The highest BCUT2D eigenvalue weighted by Gasteiger charge is 2.29. The predicted octanol–water partition coefficient (Wildman–Crippen LogP) is 4.11. The lowest BCUT2D eigenvalue weighted by molar-refractivity contribution is 0.0732. The molecule has 0 saturated carbocycles. The van der Waals surface area contributed by atoms with E-state index in [0.29, 0.717) is 36.5 Å². The molecule has 1 aliphatic rings. The van der Waals surface area contributed by atoms with E-state index in [9.17, 15) is 13.6 Å². The van der Waals surface area contributed by atoms with Crippen LogP contribution < -0.4 is 0 Å². The average molecular weight is 404 g/mol. The maximum absolute atomic E-state index is 14.4. The molecule has 2 aromatic heterocycles. The Kier molecular flexibility index (Phi) is 4.31. The Labute approximate surface area is 171 Å². The van der Waals surface area contributed by atoms with Gasteiger partial charge in [-0.2, -0.15) is 5.10 Å². The number of hydrogen-bond donors (Lipinski definition) is 0. The largest absolute Gasteiger partial charge is 0.332 e. The maximum atomic E-state index is 14.4. The highest BCUT2D eigenvalue weighted by molar-refractivity contribution is 5.98. The quantitative estimate of drug-likeness (QED) is 0.505. The number of hydrogen-bond acceptors (Lipinski definition) is 3. The Morgan fingerprint density at radius 1 is 1.10 bits per heavy atom. The lowest BCUT2D eigenvalue weighted by Gasteiger charge is -2.27. The smallest absolute Gasteiger partial charge is 0.254 e. The van der Waals surface area contributed by atoms with Crippen LogP contribution in [0.25, 0.3) is 22.2 Å². The molecule has 1 aliphatic heterocycles. The summed E-state index contributed by atoms with van der Waals surface area (Å²) in [5.41, 5.74) is 3.73. The first kappa shape index (κ1) is 18.4. The van der Waals surface area contributed by atoms with E-state index in [0.717, 1.165) is 22.5 Å². The fourth-order valence-electron chi connectivity index (χ4n) is 4.11. The van der Waals surface area contributed by atoms with Crippen LogP contribution in [0.15, 0.2) is 54.7 Å². The summed E-state index contributed by atoms with van der Waals surface area (Å²) in [7, 11) is 1.71. The minimum atomic E-state index is -0.888. The van der Waals surface area contributed by atoms with Crippen molar-refractivity contribution in [3.8, 4) is 11.3 Å². The normalized spacial score (nSPS) is 13.5. The number of pyridine rings is 1. The van der Waals surface area contributed by atoms with Crippen molar-refractivity contribution < 1.29 is 13.6 Å². The second-order valence-electron chi connectivity index (χ2n) is 7.39. The average Bonchev–Trinajstić information content (AvgIpc) is 3.09. The lowest BCUT2D eigenvalue weighted by atomic mass is 9.98. The predicted molar refractivity (Wildman–Crippen MR) is 109 cm³/mol. The summed E-state index contributed by atoms with van der Waals surface area (Å²) in [6.07, 6.45) is 2.24. The van der Waals surface area contributed by atoms with E-state index in [1.54, 1.807) is 35.0 Å². The van der Waals surface area contributed by atoms with E-state index in [2.05, 4.69) is 10.1 Å². The summed E-state index contributed by atoms with van der Waals surface area (Å²) in [6.45, 7) is 0.802. The molecule has 0 radical (unpaired) electrons. The van der Waals surface area contributed by atoms with E-state index in [1.165, 1.54) is 6.07 Å². The first-order valence-electron chi connectivity index (χ1n) is 9.66. The van der Waals surface area contributed by atoms with Crippen LogP contribution in [0.4, 0.5) is 8.78 Å². The van der Waals surface area contributed by atoms with Crippen LogP contribution in [0.5, 0.6) is 0 Å². The minimum absolute atomic E-state index is 0.0875. The van der Waals surface area contributed by atoms with Gasteiger partial charge in [-0.3, -0.25) is 14.5 Å². The number of rotatable bonds is 2. The van der Waals surface area contributed by atoms with Crippen LogP contribution in [0, 0.1) is 11.6 Å². The Bertz CT molecular complexity index is 1300. The molecule has 1 amide bonds. The molecule has 150 valence electrons. The van der Waals surface area contributed by atoms with Gasteiger partial charge in [0, 0.05) is 41.9 Å². The second-order valence-corrected chi connectivity index (χ2v) is 7.39. The van der Waals surface area contributed by atoms with E-state index < -0.39 is 11.6 Å². The molecule has 30 heavy (non-hydrogen) atoms. The Morgan fingerprint density at radius 2 is 1.97 bits per heavy atom. The SMILES string of the molecule is Cn1nc2c(c1-c1cccc(F)c1F)CCN(C(=O)c1ccc3ncccc3c1)C2. The number of aromatic nitrogens is 3. The van der Waals surface area contributed by atoms with Crippen LogP contribution in [0.3, 0.4) is 0 Å². The van der Waals surface area contributed by atoms with Crippen molar-refractivity contribution in [1.29, 1.82) is 0 Å². The molecule has 4 aromatic rings. The van der Waals surface area contributed by atoms with E-state index in [-0.39, 0.29) is 11.5 Å². The summed E-state index contributed by atoms with van der Waals surface area (Å²) in [6, 6.07) is 13.4. The van der Waals surface area contributed by atoms with Crippen LogP contribution in [0.1, 0.15) is 21.6 Å². The van der Waals surface area contributed by atoms with Crippen LogP contribution in [0.2, 0.25) is 0 Å². The molecule has 7 heteroatoms. The zero-order chi connectivity index (χ0) is 20.8. The zero-order valence-corrected chi connectivity index (χ0v) is 16.3. The number of benzene rings is 2. The van der Waals surface area contributed by atoms with Gasteiger partial charge in [0.2, 0.25) is 0 Å². The molecular weight excluding hydrogens is 386 g/mol. The number of nitrogens with zero attached hydrogens (tertiary/aromatic N) is 4. The molecule has 0 bridgehead atoms. The summed E-state index contributed by atoms with van der Waals surface area (Å²) >= 11 is 0. The standard InChI is InChI=1S/C23H18F2N4O/c1-28-22(17-5-2-6-18(24)21(17)25)16-9-11-29(13-20(16)27-28)23(30)15-7-8-19-14(12-15)4-3-10-26-19/h2-8,10,12H,9,11,13H2,1H3. The van der Waals surface area contributed by atoms with Crippen molar-refractivity contribution in [2.75, 3.05) is 6.54 Å². The maximum Gasteiger partial charge on any atom is 0.254 e. The van der Waals surface area contributed by atoms with Crippen LogP contribution in [-0.2, 0) is 20.0 Å². The van der Waals surface area contributed by atoms with Gasteiger partial charge >= 0.3 is 0 Å². The number of halogens is 2. The van der Waals surface area contributed by atoms with E-state index in [4.69, 9.17) is 0 Å². The van der Waals surface area contributed by atoms with Crippen molar-refractivity contribution in [2.24, 2.45) is 7.05 Å². The van der Waals surface area contributed by atoms with E-state index in [1.807, 2.05) is 24.3 Å². The summed E-state index contributed by atoms with van der Waals surface area (Å²) in [4.78, 5) is 19.1. The van der Waals surface area contributed by atoms with Gasteiger partial charge in [-0.25, -0.2) is 8.78 Å². The van der Waals surface area contributed by atoms with Gasteiger partial charge in [0.05, 0.1) is 23.4 Å². The van der Waals surface area contributed by atoms with Gasteiger partial charge in [0.25, 0.3) is 5.91 Å². The fraction of sp³-hybridized carbons (Fsp3) is 0.174. The topological polar surface area (TPSA) is 51.0 Å².